The number of nitrogens with zero attached hydrogens (tertiary/aromatic N) is 1. The molecule has 0 aliphatic heterocycles. The molecule has 0 atom stereocenters. The number of amides is 1. The van der Waals surface area contributed by atoms with Gasteiger partial charge in [0, 0.05) is 10.7 Å². The Kier molecular flexibility index (Phi) is 6.39. The van der Waals surface area contributed by atoms with Gasteiger partial charge < -0.3 is 5.32 Å². The van der Waals surface area contributed by atoms with Gasteiger partial charge in [0.2, 0.25) is 9.84 Å². The second-order valence-corrected chi connectivity index (χ2v) is 8.01. The fraction of sp³-hybridized carbons (Fsp3) is 0.0588. The summed E-state index contributed by atoms with van der Waals surface area (Å²) < 4.78 is 62.4. The van der Waals surface area contributed by atoms with Gasteiger partial charge in [-0.2, -0.15) is 18.4 Å². The zero-order chi connectivity index (χ0) is 21.1. The first-order valence-electron chi connectivity index (χ1n) is 7.25. The lowest BCUT2D eigenvalue weighted by molar-refractivity contribution is -0.167. The number of rotatable bonds is 4. The van der Waals surface area contributed by atoms with E-state index in [0.29, 0.717) is 0 Å². The molecule has 0 spiro atoms. The minimum Gasteiger partial charge on any atom is -0.318 e. The van der Waals surface area contributed by atoms with Crippen molar-refractivity contribution in [1.29, 1.82) is 5.26 Å². The van der Waals surface area contributed by atoms with E-state index in [0.717, 1.165) is 18.2 Å². The molecule has 146 valence electrons. The normalized spacial score (nSPS) is 12.4. The number of nitriles is 1. The molecule has 28 heavy (non-hydrogen) atoms. The third-order valence-corrected chi connectivity index (χ3v) is 5.66. The van der Waals surface area contributed by atoms with Crippen molar-refractivity contribution < 1.29 is 26.4 Å². The van der Waals surface area contributed by atoms with E-state index in [4.69, 9.17) is 23.2 Å². The van der Waals surface area contributed by atoms with Crippen molar-refractivity contribution in [2.24, 2.45) is 0 Å². The lowest BCUT2D eigenvalue weighted by atomic mass is 10.2. The van der Waals surface area contributed by atoms with Crippen molar-refractivity contribution in [1.82, 2.24) is 0 Å². The van der Waals surface area contributed by atoms with Crippen LogP contribution < -0.4 is 5.32 Å². The van der Waals surface area contributed by atoms with Gasteiger partial charge in [-0.1, -0.05) is 35.3 Å². The van der Waals surface area contributed by atoms with Crippen LogP contribution in [0.5, 0.6) is 0 Å². The number of nitrogens with one attached hydrogen (secondary N) is 1. The highest BCUT2D eigenvalue weighted by Gasteiger charge is 2.38. The summed E-state index contributed by atoms with van der Waals surface area (Å²) in [5.41, 5.74) is -0.162. The molecule has 0 aliphatic carbocycles. The van der Waals surface area contributed by atoms with Crippen molar-refractivity contribution >= 4 is 50.7 Å². The predicted octanol–water partition coefficient (Wildman–Crippen LogP) is 4.83. The summed E-state index contributed by atoms with van der Waals surface area (Å²) in [5, 5.41) is 10.8. The van der Waals surface area contributed by atoms with Gasteiger partial charge in [-0.3, -0.25) is 4.79 Å². The van der Waals surface area contributed by atoms with Crippen LogP contribution >= 0.6 is 23.2 Å². The van der Waals surface area contributed by atoms with Gasteiger partial charge in [-0.25, -0.2) is 8.42 Å². The molecule has 2 aromatic carbocycles. The first-order valence-corrected chi connectivity index (χ1v) is 9.49. The third kappa shape index (κ3) is 5.04. The third-order valence-electron chi connectivity index (χ3n) is 3.28. The number of allylic oxidation sites excluding steroid dienone is 1. The quantitative estimate of drug-likeness (QED) is 0.678. The van der Waals surface area contributed by atoms with Crippen LogP contribution in [0.25, 0.3) is 6.08 Å². The number of hydrogen-bond donors (Lipinski definition) is 1. The Morgan fingerprint density at radius 1 is 1.14 bits per heavy atom. The molecule has 11 heteroatoms. The van der Waals surface area contributed by atoms with Crippen molar-refractivity contribution in [2.45, 2.75) is 11.1 Å². The van der Waals surface area contributed by atoms with Crippen molar-refractivity contribution in [3.63, 3.8) is 0 Å². The largest absolute Gasteiger partial charge is 0.471 e. The van der Waals surface area contributed by atoms with E-state index in [1.54, 1.807) is 5.32 Å². The number of anilines is 1. The van der Waals surface area contributed by atoms with E-state index in [2.05, 4.69) is 0 Å². The van der Waals surface area contributed by atoms with Crippen LogP contribution in [-0.4, -0.2) is 20.5 Å². The Morgan fingerprint density at radius 3 is 2.43 bits per heavy atom. The smallest absolute Gasteiger partial charge is 0.318 e. The molecule has 0 heterocycles. The van der Waals surface area contributed by atoms with Crippen molar-refractivity contribution in [2.75, 3.05) is 5.32 Å². The van der Waals surface area contributed by atoms with Crippen LogP contribution in [0.4, 0.5) is 18.9 Å². The fourth-order valence-electron chi connectivity index (χ4n) is 2.03. The van der Waals surface area contributed by atoms with Gasteiger partial charge >= 0.3 is 12.1 Å². The molecule has 0 saturated carbocycles. The second-order valence-electron chi connectivity index (χ2n) is 5.28. The summed E-state index contributed by atoms with van der Waals surface area (Å²) in [5.74, 6) is -2.19. The molecule has 0 unspecified atom stereocenters. The van der Waals surface area contributed by atoms with Crippen LogP contribution in [0.15, 0.2) is 52.3 Å². The van der Waals surface area contributed by atoms with Crippen molar-refractivity contribution in [3.05, 3.63) is 63.0 Å². The summed E-state index contributed by atoms with van der Waals surface area (Å²) in [6.45, 7) is 0. The fourth-order valence-corrected chi connectivity index (χ4v) is 3.95. The van der Waals surface area contributed by atoms with E-state index in [-0.39, 0.29) is 21.3 Å². The second kappa shape index (κ2) is 8.22. The summed E-state index contributed by atoms with van der Waals surface area (Å²) in [4.78, 5) is 9.91. The lowest BCUT2D eigenvalue weighted by Gasteiger charge is -2.09. The molecule has 0 radical (unpaired) electrons. The van der Waals surface area contributed by atoms with E-state index in [1.807, 2.05) is 0 Å². The zero-order valence-electron chi connectivity index (χ0n) is 13.6. The molecule has 1 amide bonds. The molecule has 0 fully saturated rings. The summed E-state index contributed by atoms with van der Waals surface area (Å²) >= 11 is 11.7. The molecule has 5 nitrogen and oxygen atoms in total. The number of hydrogen-bond acceptors (Lipinski definition) is 4. The Labute approximate surface area is 167 Å². The average Bonchev–Trinajstić information content (AvgIpc) is 2.61. The van der Waals surface area contributed by atoms with E-state index in [1.165, 1.54) is 36.4 Å². The van der Waals surface area contributed by atoms with Crippen molar-refractivity contribution in [3.8, 4) is 6.07 Å². The molecule has 2 aromatic rings. The molecule has 2 rings (SSSR count). The highest BCUT2D eigenvalue weighted by Crippen LogP contribution is 2.30. The molecule has 0 bridgehead atoms. The van der Waals surface area contributed by atoms with Gasteiger partial charge in [0.05, 0.1) is 9.92 Å². The number of halogens is 5. The Bertz CT molecular complexity index is 1110. The zero-order valence-corrected chi connectivity index (χ0v) is 15.9. The van der Waals surface area contributed by atoms with Gasteiger partial charge in [0.25, 0.3) is 0 Å². The maximum Gasteiger partial charge on any atom is 0.471 e. The molecule has 0 aromatic heterocycles. The highest BCUT2D eigenvalue weighted by molar-refractivity contribution is 7.95. The highest BCUT2D eigenvalue weighted by atomic mass is 35.5. The van der Waals surface area contributed by atoms with E-state index < -0.39 is 31.7 Å². The Morgan fingerprint density at radius 2 is 1.82 bits per heavy atom. The topological polar surface area (TPSA) is 87.0 Å². The van der Waals surface area contributed by atoms with Crippen LogP contribution in [0.2, 0.25) is 10.0 Å². The molecule has 0 aliphatic rings. The maximum atomic E-state index is 12.7. The standard InChI is InChI=1S/C17H9Cl2F3N2O3S/c18-11-4-5-14(19)15(8-11)28(26,27)13(9-23)7-10-2-1-3-12(6-10)24-16(25)17(20,21)22/h1-8H,(H,24,25)/b13-7+. The van der Waals surface area contributed by atoms with Gasteiger partial charge in [-0.15, -0.1) is 0 Å². The summed E-state index contributed by atoms with van der Waals surface area (Å²) in [6.07, 6.45) is -4.15. The number of sulfone groups is 1. The van der Waals surface area contributed by atoms with Crippen LogP contribution in [0.1, 0.15) is 5.56 Å². The van der Waals surface area contributed by atoms with Gasteiger partial charge in [0.1, 0.15) is 11.0 Å². The minimum atomic E-state index is -5.09. The average molecular weight is 449 g/mol. The monoisotopic (exact) mass is 448 g/mol. The van der Waals surface area contributed by atoms with E-state index >= 15 is 0 Å². The molecule has 1 N–H and O–H groups in total. The summed E-state index contributed by atoms with van der Waals surface area (Å²) in [6, 6.07) is 10.1. The first-order chi connectivity index (χ1) is 12.9. The molecular weight excluding hydrogens is 440 g/mol. The maximum absolute atomic E-state index is 12.7. The lowest BCUT2D eigenvalue weighted by Crippen LogP contribution is -2.29. The van der Waals surface area contributed by atoms with Crippen LogP contribution in [-0.2, 0) is 14.6 Å². The molecular formula is C17H9Cl2F3N2O3S. The van der Waals surface area contributed by atoms with Gasteiger partial charge in [0.15, 0.2) is 0 Å². The van der Waals surface area contributed by atoms with E-state index in [9.17, 15) is 31.6 Å². The predicted molar refractivity (Wildman–Crippen MR) is 98.4 cm³/mol. The number of carbonyl (C=O) groups excluding carboxylic acids is 1. The summed E-state index contributed by atoms with van der Waals surface area (Å²) in [7, 11) is -4.35. The van der Waals surface area contributed by atoms with Crippen LogP contribution in [0.3, 0.4) is 0 Å². The molecule has 0 saturated heterocycles. The SMILES string of the molecule is N#C/C(=C\c1cccc(NC(=O)C(F)(F)F)c1)S(=O)(=O)c1cc(Cl)ccc1Cl. The first kappa shape index (κ1) is 21.8. The number of alkyl halides is 3. The number of benzene rings is 2. The number of carbonyl (C=O) groups is 1. The van der Waals surface area contributed by atoms with Gasteiger partial charge in [-0.05, 0) is 42.0 Å². The minimum absolute atomic E-state index is 0.0678. The Balaban J connectivity index is 2.45. The Hall–Kier alpha value is -2.54. The van der Waals surface area contributed by atoms with Crippen LogP contribution in [0, 0.1) is 11.3 Å².